The van der Waals surface area contributed by atoms with Gasteiger partial charge in [0.1, 0.15) is 0 Å². The largest absolute Gasteiger partial charge is 0.493 e. The van der Waals surface area contributed by atoms with E-state index in [-0.39, 0.29) is 12.3 Å². The molecule has 0 bridgehead atoms. The van der Waals surface area contributed by atoms with Crippen LogP contribution in [0, 0.1) is 13.8 Å². The second-order valence-electron chi connectivity index (χ2n) is 5.19. The van der Waals surface area contributed by atoms with Gasteiger partial charge < -0.3 is 19.4 Å². The molecule has 22 heavy (non-hydrogen) atoms. The normalized spacial score (nSPS) is 10.4. The van der Waals surface area contributed by atoms with Crippen LogP contribution in [0.15, 0.2) is 24.3 Å². The van der Waals surface area contributed by atoms with Crippen LogP contribution in [-0.2, 0) is 7.05 Å². The SMILES string of the molecule is COc1ccc(NCC(=O)c2cc(C)n(C)c2C)cc1OC. The first kappa shape index (κ1) is 15.9. The molecule has 118 valence electrons. The summed E-state index contributed by atoms with van der Waals surface area (Å²) in [5, 5.41) is 3.13. The highest BCUT2D eigenvalue weighted by Gasteiger charge is 2.14. The lowest BCUT2D eigenvalue weighted by atomic mass is 10.1. The van der Waals surface area contributed by atoms with Gasteiger partial charge in [-0.1, -0.05) is 0 Å². The minimum absolute atomic E-state index is 0.0657. The van der Waals surface area contributed by atoms with Gasteiger partial charge in [0.15, 0.2) is 17.3 Å². The molecule has 1 N–H and O–H groups in total. The summed E-state index contributed by atoms with van der Waals surface area (Å²) in [6.45, 7) is 4.18. The first-order valence-electron chi connectivity index (χ1n) is 7.10. The van der Waals surface area contributed by atoms with Crippen molar-refractivity contribution in [3.8, 4) is 11.5 Å². The average molecular weight is 302 g/mol. The molecule has 0 aliphatic carbocycles. The Morgan fingerprint density at radius 3 is 2.36 bits per heavy atom. The van der Waals surface area contributed by atoms with Gasteiger partial charge in [-0.2, -0.15) is 0 Å². The molecule has 0 saturated carbocycles. The lowest BCUT2D eigenvalue weighted by Gasteiger charge is -2.11. The van der Waals surface area contributed by atoms with Crippen LogP contribution in [0.4, 0.5) is 5.69 Å². The number of benzene rings is 1. The molecule has 1 aromatic heterocycles. The van der Waals surface area contributed by atoms with E-state index in [0.29, 0.717) is 11.5 Å². The highest BCUT2D eigenvalue weighted by molar-refractivity contribution is 6.00. The van der Waals surface area contributed by atoms with Gasteiger partial charge in [-0.05, 0) is 32.0 Å². The lowest BCUT2D eigenvalue weighted by molar-refractivity contribution is 0.101. The fourth-order valence-corrected chi connectivity index (χ4v) is 2.36. The quantitative estimate of drug-likeness (QED) is 0.834. The van der Waals surface area contributed by atoms with Crippen molar-refractivity contribution in [2.24, 2.45) is 7.05 Å². The number of hydrogen-bond acceptors (Lipinski definition) is 4. The van der Waals surface area contributed by atoms with Crippen molar-refractivity contribution in [2.45, 2.75) is 13.8 Å². The monoisotopic (exact) mass is 302 g/mol. The average Bonchev–Trinajstić information content (AvgIpc) is 2.79. The van der Waals surface area contributed by atoms with Crippen LogP contribution in [0.3, 0.4) is 0 Å². The Labute approximate surface area is 130 Å². The van der Waals surface area contributed by atoms with E-state index < -0.39 is 0 Å². The second kappa shape index (κ2) is 6.56. The minimum atomic E-state index is 0.0657. The number of rotatable bonds is 6. The van der Waals surface area contributed by atoms with Gasteiger partial charge in [0.05, 0.1) is 20.8 Å². The Bertz CT molecular complexity index is 689. The number of aromatic nitrogens is 1. The third kappa shape index (κ3) is 3.08. The van der Waals surface area contributed by atoms with E-state index in [2.05, 4.69) is 5.32 Å². The summed E-state index contributed by atoms with van der Waals surface area (Å²) < 4.78 is 12.5. The van der Waals surface area contributed by atoms with E-state index in [1.165, 1.54) is 0 Å². The topological polar surface area (TPSA) is 52.5 Å². The fraction of sp³-hybridized carbons (Fsp3) is 0.353. The number of carbonyl (C=O) groups excluding carboxylic acids is 1. The number of hydrogen-bond donors (Lipinski definition) is 1. The standard InChI is InChI=1S/C17H22N2O3/c1-11-8-14(12(2)19(11)3)15(20)10-18-13-6-7-16(21-4)17(9-13)22-5/h6-9,18H,10H2,1-5H3. The molecule has 0 fully saturated rings. The Balaban J connectivity index is 2.09. The van der Waals surface area contributed by atoms with Crippen LogP contribution in [0.25, 0.3) is 0 Å². The third-order valence-corrected chi connectivity index (χ3v) is 3.91. The van der Waals surface area contributed by atoms with Crippen LogP contribution < -0.4 is 14.8 Å². The van der Waals surface area contributed by atoms with Crippen molar-refractivity contribution in [3.05, 3.63) is 41.2 Å². The zero-order valence-corrected chi connectivity index (χ0v) is 13.7. The molecule has 0 unspecified atom stereocenters. The van der Waals surface area contributed by atoms with E-state index >= 15 is 0 Å². The number of carbonyl (C=O) groups is 1. The molecule has 5 heteroatoms. The Hall–Kier alpha value is -2.43. The summed E-state index contributed by atoms with van der Waals surface area (Å²) in [6, 6.07) is 7.41. The molecule has 0 aliphatic rings. The highest BCUT2D eigenvalue weighted by Crippen LogP contribution is 2.29. The van der Waals surface area contributed by atoms with Crippen LogP contribution in [0.1, 0.15) is 21.7 Å². The summed E-state index contributed by atoms with van der Waals surface area (Å²) in [5.41, 5.74) is 3.63. The molecule has 0 atom stereocenters. The number of nitrogens with zero attached hydrogens (tertiary/aromatic N) is 1. The number of ether oxygens (including phenoxy) is 2. The van der Waals surface area contributed by atoms with E-state index in [9.17, 15) is 4.79 Å². The van der Waals surface area contributed by atoms with Gasteiger partial charge in [0.2, 0.25) is 0 Å². The number of methoxy groups -OCH3 is 2. The Kier molecular flexibility index (Phi) is 4.75. The summed E-state index contributed by atoms with van der Waals surface area (Å²) in [5.74, 6) is 1.36. The molecule has 0 radical (unpaired) electrons. The van der Waals surface area contributed by atoms with Gasteiger partial charge >= 0.3 is 0 Å². The molecular formula is C17H22N2O3. The van der Waals surface area contributed by atoms with E-state index in [1.807, 2.05) is 49.7 Å². The van der Waals surface area contributed by atoms with Gasteiger partial charge in [0, 0.05) is 35.8 Å². The minimum Gasteiger partial charge on any atom is -0.493 e. The van der Waals surface area contributed by atoms with Gasteiger partial charge in [-0.15, -0.1) is 0 Å². The van der Waals surface area contributed by atoms with Crippen LogP contribution in [0.2, 0.25) is 0 Å². The predicted molar refractivity (Wildman–Crippen MR) is 87.3 cm³/mol. The van der Waals surface area contributed by atoms with Crippen molar-refractivity contribution < 1.29 is 14.3 Å². The smallest absolute Gasteiger partial charge is 0.183 e. The van der Waals surface area contributed by atoms with Gasteiger partial charge in [-0.3, -0.25) is 4.79 Å². The molecule has 0 aliphatic heterocycles. The van der Waals surface area contributed by atoms with Gasteiger partial charge in [-0.25, -0.2) is 0 Å². The van der Waals surface area contributed by atoms with E-state index in [4.69, 9.17) is 9.47 Å². The van der Waals surface area contributed by atoms with Crippen LogP contribution >= 0.6 is 0 Å². The molecule has 5 nitrogen and oxygen atoms in total. The summed E-state index contributed by atoms with van der Waals surface area (Å²) in [4.78, 5) is 12.4. The summed E-state index contributed by atoms with van der Waals surface area (Å²) >= 11 is 0. The van der Waals surface area contributed by atoms with Crippen molar-refractivity contribution in [3.63, 3.8) is 0 Å². The first-order chi connectivity index (χ1) is 10.5. The summed E-state index contributed by atoms with van der Waals surface area (Å²) in [7, 11) is 5.14. The van der Waals surface area contributed by atoms with Crippen molar-refractivity contribution in [2.75, 3.05) is 26.1 Å². The van der Waals surface area contributed by atoms with Crippen molar-refractivity contribution in [1.29, 1.82) is 0 Å². The maximum Gasteiger partial charge on any atom is 0.183 e. The number of ketones is 1. The van der Waals surface area contributed by atoms with Crippen molar-refractivity contribution in [1.82, 2.24) is 4.57 Å². The number of Topliss-reactive ketones (excluding diaryl/α,β-unsaturated/α-hetero) is 1. The van der Waals surface area contributed by atoms with Crippen molar-refractivity contribution >= 4 is 11.5 Å². The van der Waals surface area contributed by atoms with Gasteiger partial charge in [0.25, 0.3) is 0 Å². The second-order valence-corrected chi connectivity index (χ2v) is 5.19. The van der Waals surface area contributed by atoms with E-state index in [1.54, 1.807) is 14.2 Å². The molecule has 0 saturated heterocycles. The van der Waals surface area contributed by atoms with Crippen LogP contribution in [-0.4, -0.2) is 31.1 Å². The maximum absolute atomic E-state index is 12.4. The first-order valence-corrected chi connectivity index (χ1v) is 7.10. The maximum atomic E-state index is 12.4. The number of nitrogens with one attached hydrogen (secondary N) is 1. The zero-order valence-electron chi connectivity index (χ0n) is 13.7. The molecular weight excluding hydrogens is 280 g/mol. The third-order valence-electron chi connectivity index (χ3n) is 3.91. The van der Waals surface area contributed by atoms with Crippen LogP contribution in [0.5, 0.6) is 11.5 Å². The molecule has 1 heterocycles. The van der Waals surface area contributed by atoms with E-state index in [0.717, 1.165) is 22.6 Å². The molecule has 0 spiro atoms. The number of anilines is 1. The number of aryl methyl sites for hydroxylation is 1. The molecule has 2 rings (SSSR count). The lowest BCUT2D eigenvalue weighted by Crippen LogP contribution is -2.14. The Morgan fingerprint density at radius 2 is 1.82 bits per heavy atom. The molecule has 1 aromatic carbocycles. The molecule has 2 aromatic rings. The zero-order chi connectivity index (χ0) is 16.3. The summed E-state index contributed by atoms with van der Waals surface area (Å²) in [6.07, 6.45) is 0. The fourth-order valence-electron chi connectivity index (χ4n) is 2.36. The Morgan fingerprint density at radius 1 is 1.14 bits per heavy atom. The predicted octanol–water partition coefficient (Wildman–Crippen LogP) is 2.95. The highest BCUT2D eigenvalue weighted by atomic mass is 16.5. The molecule has 0 amide bonds.